The molecule has 0 bridgehead atoms. The molecular formula is C18H29Cl2N3O. The average Bonchev–Trinajstić information content (AvgIpc) is 2.59. The van der Waals surface area contributed by atoms with Gasteiger partial charge in [-0.15, -0.1) is 24.8 Å². The molecule has 3 rings (SSSR count). The summed E-state index contributed by atoms with van der Waals surface area (Å²) in [6.07, 6.45) is 4.33. The van der Waals surface area contributed by atoms with Crippen LogP contribution in [0, 0.1) is 5.92 Å². The SMILES string of the molecule is Cl.Cl.O=C(NCCCN1CCc2ccccc2C1)C1CCCNC1. The van der Waals surface area contributed by atoms with Crippen LogP contribution in [-0.2, 0) is 17.8 Å². The van der Waals surface area contributed by atoms with Crippen LogP contribution in [0.15, 0.2) is 24.3 Å². The van der Waals surface area contributed by atoms with Crippen molar-refractivity contribution in [1.82, 2.24) is 15.5 Å². The first-order valence-electron chi connectivity index (χ1n) is 8.60. The number of carbonyl (C=O) groups is 1. The zero-order valence-electron chi connectivity index (χ0n) is 14.1. The highest BCUT2D eigenvalue weighted by Gasteiger charge is 2.20. The molecule has 6 heteroatoms. The normalized spacial score (nSPS) is 20.2. The van der Waals surface area contributed by atoms with Gasteiger partial charge in [-0.25, -0.2) is 0 Å². The van der Waals surface area contributed by atoms with E-state index in [1.165, 1.54) is 11.1 Å². The van der Waals surface area contributed by atoms with Crippen LogP contribution in [-0.4, -0.2) is 43.5 Å². The Kier molecular flexibility index (Phi) is 9.67. The Morgan fingerprint density at radius 3 is 2.79 bits per heavy atom. The lowest BCUT2D eigenvalue weighted by atomic mass is 9.99. The van der Waals surface area contributed by atoms with E-state index in [1.54, 1.807) is 0 Å². The Morgan fingerprint density at radius 2 is 2.04 bits per heavy atom. The van der Waals surface area contributed by atoms with Gasteiger partial charge in [0.15, 0.2) is 0 Å². The number of nitrogens with zero attached hydrogens (tertiary/aromatic N) is 1. The summed E-state index contributed by atoms with van der Waals surface area (Å²) in [6.45, 7) is 5.95. The van der Waals surface area contributed by atoms with E-state index in [0.29, 0.717) is 0 Å². The quantitative estimate of drug-likeness (QED) is 0.778. The van der Waals surface area contributed by atoms with E-state index >= 15 is 0 Å². The minimum atomic E-state index is 0. The van der Waals surface area contributed by atoms with E-state index in [9.17, 15) is 4.79 Å². The predicted octanol–water partition coefficient (Wildman–Crippen LogP) is 2.39. The number of nitrogens with one attached hydrogen (secondary N) is 2. The molecule has 1 atom stereocenters. The highest BCUT2D eigenvalue weighted by atomic mass is 35.5. The summed E-state index contributed by atoms with van der Waals surface area (Å²) in [7, 11) is 0. The molecule has 0 aromatic heterocycles. The van der Waals surface area contributed by atoms with Gasteiger partial charge in [0.1, 0.15) is 0 Å². The molecule has 1 fully saturated rings. The summed E-state index contributed by atoms with van der Waals surface area (Å²) < 4.78 is 0. The number of benzene rings is 1. The number of carbonyl (C=O) groups excluding carboxylic acids is 1. The second kappa shape index (κ2) is 10.9. The second-order valence-electron chi connectivity index (χ2n) is 6.48. The van der Waals surface area contributed by atoms with Gasteiger partial charge < -0.3 is 10.6 Å². The van der Waals surface area contributed by atoms with Crippen molar-refractivity contribution in [2.75, 3.05) is 32.7 Å². The lowest BCUT2D eigenvalue weighted by Gasteiger charge is -2.28. The van der Waals surface area contributed by atoms with Crippen molar-refractivity contribution >= 4 is 30.7 Å². The molecular weight excluding hydrogens is 345 g/mol. The predicted molar refractivity (Wildman–Crippen MR) is 103 cm³/mol. The summed E-state index contributed by atoms with van der Waals surface area (Å²) in [6, 6.07) is 8.73. The fraction of sp³-hybridized carbons (Fsp3) is 0.611. The molecule has 1 unspecified atom stereocenters. The zero-order valence-corrected chi connectivity index (χ0v) is 15.8. The standard InChI is InChI=1S/C18H27N3O.2ClH/c22-18(16-7-3-9-19-13-16)20-10-4-11-21-12-8-15-5-1-2-6-17(15)14-21;;/h1-2,5-6,16,19H,3-4,7-14H2,(H,20,22);2*1H. The summed E-state index contributed by atoms with van der Waals surface area (Å²) >= 11 is 0. The first kappa shape index (κ1) is 21.2. The van der Waals surface area contributed by atoms with Crippen LogP contribution in [0.5, 0.6) is 0 Å². The van der Waals surface area contributed by atoms with Gasteiger partial charge in [0.05, 0.1) is 5.92 Å². The van der Waals surface area contributed by atoms with Crippen LogP contribution in [0.4, 0.5) is 0 Å². The Morgan fingerprint density at radius 1 is 1.25 bits per heavy atom. The molecule has 2 heterocycles. The molecule has 4 nitrogen and oxygen atoms in total. The fourth-order valence-electron chi connectivity index (χ4n) is 3.48. The van der Waals surface area contributed by atoms with E-state index in [0.717, 1.165) is 65.0 Å². The molecule has 136 valence electrons. The van der Waals surface area contributed by atoms with Gasteiger partial charge in [-0.05, 0) is 43.4 Å². The first-order valence-corrected chi connectivity index (χ1v) is 8.60. The van der Waals surface area contributed by atoms with Gasteiger partial charge in [-0.3, -0.25) is 9.69 Å². The lowest BCUT2D eigenvalue weighted by molar-refractivity contribution is -0.125. The molecule has 1 aromatic carbocycles. The Hall–Kier alpha value is -0.810. The van der Waals surface area contributed by atoms with Gasteiger partial charge in [0, 0.05) is 32.7 Å². The molecule has 2 aliphatic heterocycles. The Bertz CT molecular complexity index is 507. The van der Waals surface area contributed by atoms with Crippen molar-refractivity contribution in [1.29, 1.82) is 0 Å². The summed E-state index contributed by atoms with van der Waals surface area (Å²) in [5, 5.41) is 6.40. The van der Waals surface area contributed by atoms with Crippen molar-refractivity contribution in [3.05, 3.63) is 35.4 Å². The van der Waals surface area contributed by atoms with Crippen molar-refractivity contribution in [3.8, 4) is 0 Å². The minimum Gasteiger partial charge on any atom is -0.356 e. The minimum absolute atomic E-state index is 0. The number of hydrogen-bond acceptors (Lipinski definition) is 3. The number of halogens is 2. The second-order valence-corrected chi connectivity index (χ2v) is 6.48. The van der Waals surface area contributed by atoms with Gasteiger partial charge in [-0.2, -0.15) is 0 Å². The average molecular weight is 374 g/mol. The van der Waals surface area contributed by atoms with E-state index in [2.05, 4.69) is 39.8 Å². The topological polar surface area (TPSA) is 44.4 Å². The fourth-order valence-corrected chi connectivity index (χ4v) is 3.48. The molecule has 24 heavy (non-hydrogen) atoms. The summed E-state index contributed by atoms with van der Waals surface area (Å²) in [4.78, 5) is 14.5. The molecule has 0 spiro atoms. The molecule has 2 N–H and O–H groups in total. The molecule has 2 aliphatic rings. The number of amides is 1. The van der Waals surface area contributed by atoms with E-state index in [-0.39, 0.29) is 36.6 Å². The first-order chi connectivity index (χ1) is 10.8. The molecule has 0 aliphatic carbocycles. The summed E-state index contributed by atoms with van der Waals surface area (Å²) in [5.74, 6) is 0.409. The molecule has 0 radical (unpaired) electrons. The van der Waals surface area contributed by atoms with Crippen molar-refractivity contribution < 1.29 is 4.79 Å². The third-order valence-corrected chi connectivity index (χ3v) is 4.83. The zero-order chi connectivity index (χ0) is 15.2. The maximum Gasteiger partial charge on any atom is 0.224 e. The van der Waals surface area contributed by atoms with Crippen LogP contribution in [0.2, 0.25) is 0 Å². The maximum atomic E-state index is 12.0. The Balaban J connectivity index is 0.00000144. The van der Waals surface area contributed by atoms with E-state index in [4.69, 9.17) is 0 Å². The third-order valence-electron chi connectivity index (χ3n) is 4.83. The van der Waals surface area contributed by atoms with Crippen LogP contribution < -0.4 is 10.6 Å². The van der Waals surface area contributed by atoms with Crippen LogP contribution in [0.25, 0.3) is 0 Å². The molecule has 1 amide bonds. The maximum absolute atomic E-state index is 12.0. The molecule has 1 saturated heterocycles. The number of hydrogen-bond donors (Lipinski definition) is 2. The van der Waals surface area contributed by atoms with Crippen LogP contribution >= 0.6 is 24.8 Å². The smallest absolute Gasteiger partial charge is 0.224 e. The van der Waals surface area contributed by atoms with Gasteiger partial charge >= 0.3 is 0 Å². The van der Waals surface area contributed by atoms with Gasteiger partial charge in [-0.1, -0.05) is 24.3 Å². The van der Waals surface area contributed by atoms with Gasteiger partial charge in [0.25, 0.3) is 0 Å². The largest absolute Gasteiger partial charge is 0.356 e. The van der Waals surface area contributed by atoms with Crippen LogP contribution in [0.1, 0.15) is 30.4 Å². The highest BCUT2D eigenvalue weighted by Crippen LogP contribution is 2.18. The lowest BCUT2D eigenvalue weighted by Crippen LogP contribution is -2.41. The number of piperidine rings is 1. The van der Waals surface area contributed by atoms with Crippen molar-refractivity contribution in [3.63, 3.8) is 0 Å². The Labute approximate surface area is 157 Å². The van der Waals surface area contributed by atoms with Gasteiger partial charge in [0.2, 0.25) is 5.91 Å². The molecule has 0 saturated carbocycles. The van der Waals surface area contributed by atoms with Crippen molar-refractivity contribution in [2.24, 2.45) is 5.92 Å². The summed E-state index contributed by atoms with van der Waals surface area (Å²) in [5.41, 5.74) is 2.96. The number of fused-ring (bicyclic) bond motifs is 1. The van der Waals surface area contributed by atoms with Crippen molar-refractivity contribution in [2.45, 2.75) is 32.2 Å². The highest BCUT2D eigenvalue weighted by molar-refractivity contribution is 5.85. The van der Waals surface area contributed by atoms with Crippen LogP contribution in [0.3, 0.4) is 0 Å². The molecule has 1 aromatic rings. The third kappa shape index (κ3) is 5.92. The number of rotatable bonds is 5. The van der Waals surface area contributed by atoms with E-state index < -0.39 is 0 Å². The monoisotopic (exact) mass is 373 g/mol. The van der Waals surface area contributed by atoms with E-state index in [1.807, 2.05) is 0 Å².